The van der Waals surface area contributed by atoms with E-state index in [9.17, 15) is 9.36 Å². The Labute approximate surface area is 165 Å². The van der Waals surface area contributed by atoms with Crippen molar-refractivity contribution in [3.05, 3.63) is 48.5 Å². The number of hydrogen-bond donors (Lipinski definition) is 1. The Morgan fingerprint density at radius 3 is 2.29 bits per heavy atom. The van der Waals surface area contributed by atoms with Crippen LogP contribution >= 0.6 is 7.37 Å². The predicted molar refractivity (Wildman–Crippen MR) is 109 cm³/mol. The zero-order chi connectivity index (χ0) is 20.2. The molecule has 0 saturated carbocycles. The Morgan fingerprint density at radius 1 is 1.00 bits per heavy atom. The van der Waals surface area contributed by atoms with Crippen molar-refractivity contribution in [2.45, 2.75) is 12.5 Å². The molecule has 0 saturated heterocycles. The van der Waals surface area contributed by atoms with E-state index >= 15 is 0 Å². The maximum atomic E-state index is 13.6. The summed E-state index contributed by atoms with van der Waals surface area (Å²) in [6.45, 7) is 0.306. The zero-order valence-corrected chi connectivity index (χ0v) is 18.0. The first-order chi connectivity index (χ1) is 13.5. The van der Waals surface area contributed by atoms with Gasteiger partial charge >= 0.3 is 21.8 Å². The van der Waals surface area contributed by atoms with Crippen LogP contribution in [0.4, 0.5) is 4.79 Å². The summed E-state index contributed by atoms with van der Waals surface area (Å²) in [6.07, 6.45) is 0.561. The van der Waals surface area contributed by atoms with Gasteiger partial charge in [-0.25, -0.2) is 0 Å². The van der Waals surface area contributed by atoms with E-state index in [-0.39, 0.29) is 0 Å². The minimum absolute atomic E-state index is 0.306. The summed E-state index contributed by atoms with van der Waals surface area (Å²) < 4.78 is 35.4. The number of nitrogens with one attached hydrogen (secondary N) is 1. The standard InChI is InChI=1S/C19H24NO6PSi/c1-23-28(24-2,25-3)14-8-13-20-19(21)27(22)18-12-7-5-10-16(18)15-9-4-6-11-17(15)26-27/h4-7,9-12H,8,13-14H2,1-3H3,(H,20,21). The van der Waals surface area contributed by atoms with E-state index in [1.165, 1.54) is 0 Å². The lowest BCUT2D eigenvalue weighted by Crippen LogP contribution is -2.43. The normalized spacial score (nSPS) is 18.0. The molecular weight excluding hydrogens is 397 g/mol. The van der Waals surface area contributed by atoms with Gasteiger partial charge in [0.1, 0.15) is 5.75 Å². The summed E-state index contributed by atoms with van der Waals surface area (Å²) in [4.78, 5) is 12.8. The van der Waals surface area contributed by atoms with Crippen molar-refractivity contribution in [3.63, 3.8) is 0 Å². The van der Waals surface area contributed by atoms with Gasteiger partial charge in [0.15, 0.2) is 0 Å². The Kier molecular flexibility index (Phi) is 6.37. The van der Waals surface area contributed by atoms with Gasteiger partial charge in [-0.15, -0.1) is 0 Å². The topological polar surface area (TPSA) is 83.1 Å². The van der Waals surface area contributed by atoms with Gasteiger partial charge in [0.2, 0.25) is 0 Å². The molecule has 0 spiro atoms. The van der Waals surface area contributed by atoms with E-state index in [2.05, 4.69) is 5.32 Å². The third-order valence-electron chi connectivity index (χ3n) is 4.76. The molecule has 0 bridgehead atoms. The van der Waals surface area contributed by atoms with Crippen LogP contribution in [-0.2, 0) is 17.8 Å². The fourth-order valence-corrected chi connectivity index (χ4v) is 6.90. The molecule has 28 heavy (non-hydrogen) atoms. The predicted octanol–water partition coefficient (Wildman–Crippen LogP) is 3.63. The molecule has 9 heteroatoms. The van der Waals surface area contributed by atoms with Crippen LogP contribution in [0.25, 0.3) is 11.1 Å². The number of amides is 1. The average molecular weight is 421 g/mol. The first-order valence-electron chi connectivity index (χ1n) is 8.92. The van der Waals surface area contributed by atoms with Crippen LogP contribution in [-0.4, -0.2) is 42.3 Å². The van der Waals surface area contributed by atoms with E-state index in [1.54, 1.807) is 45.6 Å². The summed E-state index contributed by atoms with van der Waals surface area (Å²) in [5.74, 6) is 0.448. The lowest BCUT2D eigenvalue weighted by Gasteiger charge is -2.28. The van der Waals surface area contributed by atoms with Crippen LogP contribution in [0.1, 0.15) is 6.42 Å². The van der Waals surface area contributed by atoms with Crippen molar-refractivity contribution in [1.82, 2.24) is 5.32 Å². The van der Waals surface area contributed by atoms with Gasteiger partial charge < -0.3 is 23.1 Å². The summed E-state index contributed by atoms with van der Waals surface area (Å²) in [7, 11) is -1.84. The molecule has 0 fully saturated rings. The third-order valence-corrected chi connectivity index (χ3v) is 9.76. The number of carbonyl (C=O) groups excluding carboxylic acids is 1. The van der Waals surface area contributed by atoms with Crippen LogP contribution in [0.15, 0.2) is 48.5 Å². The molecule has 1 aliphatic rings. The lowest BCUT2D eigenvalue weighted by molar-refractivity contribution is 0.123. The van der Waals surface area contributed by atoms with Gasteiger partial charge in [0, 0.05) is 39.5 Å². The van der Waals surface area contributed by atoms with Crippen molar-refractivity contribution in [3.8, 4) is 16.9 Å². The van der Waals surface area contributed by atoms with Crippen molar-refractivity contribution < 1.29 is 27.2 Å². The molecule has 0 aromatic heterocycles. The SMILES string of the molecule is CO[Si](CCCNC(=O)P1(=O)Oc2ccccc2-c2ccccc21)(OC)OC. The molecule has 1 atom stereocenters. The third kappa shape index (κ3) is 3.79. The van der Waals surface area contributed by atoms with Crippen LogP contribution in [0.2, 0.25) is 6.04 Å². The van der Waals surface area contributed by atoms with Crippen LogP contribution in [0.3, 0.4) is 0 Å². The smallest absolute Gasteiger partial charge is 0.433 e. The maximum Gasteiger partial charge on any atom is 0.500 e. The first-order valence-corrected chi connectivity index (χ1v) is 12.5. The van der Waals surface area contributed by atoms with Crippen LogP contribution in [0, 0.1) is 0 Å². The van der Waals surface area contributed by atoms with Gasteiger partial charge in [-0.2, -0.15) is 0 Å². The molecule has 1 heterocycles. The Morgan fingerprint density at radius 2 is 1.61 bits per heavy atom. The van der Waals surface area contributed by atoms with Crippen LogP contribution < -0.4 is 15.1 Å². The van der Waals surface area contributed by atoms with Crippen molar-refractivity contribution >= 4 is 27.1 Å². The number of para-hydroxylation sites is 1. The number of fused-ring (bicyclic) bond motifs is 3. The number of benzene rings is 2. The molecule has 0 aliphatic carbocycles. The van der Waals surface area contributed by atoms with Gasteiger partial charge in [-0.3, -0.25) is 9.36 Å². The summed E-state index contributed by atoms with van der Waals surface area (Å²) in [6, 6.07) is 15.0. The van der Waals surface area contributed by atoms with Crippen molar-refractivity contribution in [1.29, 1.82) is 0 Å². The molecule has 3 rings (SSSR count). The highest BCUT2D eigenvalue weighted by atomic mass is 31.2. The van der Waals surface area contributed by atoms with Crippen molar-refractivity contribution in [2.24, 2.45) is 0 Å². The molecule has 7 nitrogen and oxygen atoms in total. The second kappa shape index (κ2) is 8.59. The van der Waals surface area contributed by atoms with Gasteiger partial charge in [-0.1, -0.05) is 36.4 Å². The summed E-state index contributed by atoms with van der Waals surface area (Å²) in [5, 5.41) is 3.16. The molecule has 2 aromatic carbocycles. The number of hydrogen-bond acceptors (Lipinski definition) is 6. The molecule has 1 aliphatic heterocycles. The van der Waals surface area contributed by atoms with Crippen LogP contribution in [0.5, 0.6) is 5.75 Å². The lowest BCUT2D eigenvalue weighted by atomic mass is 10.0. The van der Waals surface area contributed by atoms with E-state index in [1.807, 2.05) is 24.3 Å². The monoisotopic (exact) mass is 421 g/mol. The molecule has 0 radical (unpaired) electrons. The number of rotatable bonds is 8. The summed E-state index contributed by atoms with van der Waals surface area (Å²) in [5.41, 5.74) is 0.967. The largest absolute Gasteiger partial charge is 0.500 e. The highest BCUT2D eigenvalue weighted by Crippen LogP contribution is 2.54. The molecule has 1 unspecified atom stereocenters. The molecule has 150 valence electrons. The molecular formula is C19H24NO6PSi. The van der Waals surface area contributed by atoms with E-state index < -0.39 is 21.8 Å². The fraction of sp³-hybridized carbons (Fsp3) is 0.316. The highest BCUT2D eigenvalue weighted by Gasteiger charge is 2.43. The van der Waals surface area contributed by atoms with Gasteiger partial charge in [0.25, 0.3) is 0 Å². The van der Waals surface area contributed by atoms with Gasteiger partial charge in [0.05, 0.1) is 5.30 Å². The molecule has 1 N–H and O–H groups in total. The van der Waals surface area contributed by atoms with Gasteiger partial charge in [-0.05, 0) is 24.1 Å². The minimum atomic E-state index is -3.76. The van der Waals surface area contributed by atoms with E-state index in [0.29, 0.717) is 30.1 Å². The highest BCUT2D eigenvalue weighted by molar-refractivity contribution is 7.83. The maximum absolute atomic E-state index is 13.6. The Hall–Kier alpha value is -1.96. The van der Waals surface area contributed by atoms with E-state index in [4.69, 9.17) is 17.8 Å². The Balaban J connectivity index is 1.75. The Bertz CT molecular complexity index is 893. The number of carbonyl (C=O) groups is 1. The quantitative estimate of drug-likeness (QED) is 0.398. The minimum Gasteiger partial charge on any atom is -0.433 e. The summed E-state index contributed by atoms with van der Waals surface area (Å²) >= 11 is 0. The second-order valence-electron chi connectivity index (χ2n) is 6.29. The molecule has 1 amide bonds. The van der Waals surface area contributed by atoms with E-state index in [0.717, 1.165) is 11.1 Å². The first kappa shape index (κ1) is 20.8. The second-order valence-corrected chi connectivity index (χ2v) is 11.6. The molecule has 2 aromatic rings. The fourth-order valence-electron chi connectivity index (χ4n) is 3.23. The van der Waals surface area contributed by atoms with Crippen molar-refractivity contribution in [2.75, 3.05) is 27.9 Å². The zero-order valence-electron chi connectivity index (χ0n) is 16.1. The average Bonchev–Trinajstić information content (AvgIpc) is 2.74.